The van der Waals surface area contributed by atoms with Gasteiger partial charge in [0.25, 0.3) is 17.1 Å². The Morgan fingerprint density at radius 3 is 2.49 bits per heavy atom. The van der Waals surface area contributed by atoms with E-state index in [0.29, 0.717) is 49.4 Å². The average molecular weight is 650 g/mol. The van der Waals surface area contributed by atoms with Gasteiger partial charge in [-0.05, 0) is 95.1 Å². The van der Waals surface area contributed by atoms with Gasteiger partial charge in [-0.1, -0.05) is 41.4 Å². The summed E-state index contributed by atoms with van der Waals surface area (Å²) in [5.74, 6) is -0.0621. The predicted molar refractivity (Wildman–Crippen MR) is 159 cm³/mol. The molecule has 202 valence electrons. The Morgan fingerprint density at radius 1 is 1.08 bits per heavy atom. The van der Waals surface area contributed by atoms with Crippen LogP contribution in [0.3, 0.4) is 0 Å². The molecule has 3 aromatic rings. The van der Waals surface area contributed by atoms with Gasteiger partial charge in [0, 0.05) is 21.3 Å². The fraction of sp³-hybridized carbons (Fsp3) is 0.179. The number of benzene rings is 3. The normalized spacial score (nSPS) is 14.2. The van der Waals surface area contributed by atoms with Crippen LogP contribution >= 0.6 is 50.9 Å². The number of carbonyl (C=O) groups excluding carboxylic acids is 3. The molecule has 1 N–H and O–H groups in total. The predicted octanol–water partition coefficient (Wildman–Crippen LogP) is 7.72. The molecule has 0 aromatic heterocycles. The maximum absolute atomic E-state index is 13.1. The minimum Gasteiger partial charge on any atom is -0.490 e. The smallest absolute Gasteiger partial charge is 0.293 e. The maximum atomic E-state index is 13.1. The van der Waals surface area contributed by atoms with E-state index in [0.717, 1.165) is 22.2 Å². The van der Waals surface area contributed by atoms with E-state index in [1.807, 2.05) is 32.0 Å². The largest absolute Gasteiger partial charge is 0.490 e. The molecule has 3 aromatic carbocycles. The van der Waals surface area contributed by atoms with Crippen LogP contribution in [0.15, 0.2) is 64.0 Å². The summed E-state index contributed by atoms with van der Waals surface area (Å²) in [6, 6.07) is 15.9. The second-order valence-corrected chi connectivity index (χ2v) is 11.1. The molecule has 7 nitrogen and oxygen atoms in total. The van der Waals surface area contributed by atoms with Crippen molar-refractivity contribution >= 4 is 79.7 Å². The Hall–Kier alpha value is -2.98. The second kappa shape index (κ2) is 12.9. The molecule has 39 heavy (non-hydrogen) atoms. The van der Waals surface area contributed by atoms with Gasteiger partial charge in [0.15, 0.2) is 18.1 Å². The zero-order chi connectivity index (χ0) is 28.1. The Morgan fingerprint density at radius 2 is 1.79 bits per heavy atom. The van der Waals surface area contributed by atoms with Crippen molar-refractivity contribution in [2.75, 3.05) is 18.5 Å². The fourth-order valence-corrected chi connectivity index (χ4v) is 5.69. The molecule has 0 bridgehead atoms. The third-order valence-electron chi connectivity index (χ3n) is 5.53. The van der Waals surface area contributed by atoms with Crippen molar-refractivity contribution in [2.24, 2.45) is 0 Å². The lowest BCUT2D eigenvalue weighted by molar-refractivity contribution is -0.123. The van der Waals surface area contributed by atoms with Crippen molar-refractivity contribution < 1.29 is 23.9 Å². The molecule has 4 rings (SSSR count). The van der Waals surface area contributed by atoms with Gasteiger partial charge >= 0.3 is 0 Å². The lowest BCUT2D eigenvalue weighted by Crippen LogP contribution is -2.27. The number of hydrogen-bond acceptors (Lipinski definition) is 6. The Labute approximate surface area is 248 Å². The molecule has 0 saturated carbocycles. The first-order chi connectivity index (χ1) is 18.7. The first kappa shape index (κ1) is 29.0. The van der Waals surface area contributed by atoms with Gasteiger partial charge in [0.2, 0.25) is 0 Å². The molecule has 11 heteroatoms. The van der Waals surface area contributed by atoms with Crippen molar-refractivity contribution in [3.05, 3.63) is 90.7 Å². The van der Waals surface area contributed by atoms with Crippen LogP contribution in [0.25, 0.3) is 6.08 Å². The molecular formula is C28H23BrCl2N2O5S. The summed E-state index contributed by atoms with van der Waals surface area (Å²) in [7, 11) is 0. The fourth-order valence-electron chi connectivity index (χ4n) is 3.76. The Kier molecular flexibility index (Phi) is 9.61. The Bertz CT molecular complexity index is 1460. The number of halogens is 3. The number of hydrogen-bond donors (Lipinski definition) is 1. The van der Waals surface area contributed by atoms with E-state index < -0.39 is 11.1 Å². The quantitative estimate of drug-likeness (QED) is 0.239. The van der Waals surface area contributed by atoms with Crippen LogP contribution in [-0.2, 0) is 16.1 Å². The second-order valence-electron chi connectivity index (χ2n) is 8.44. The highest BCUT2D eigenvalue weighted by atomic mass is 79.9. The summed E-state index contributed by atoms with van der Waals surface area (Å²) in [6.45, 7) is 3.83. The molecule has 0 atom stereocenters. The average Bonchev–Trinajstić information content (AvgIpc) is 3.13. The van der Waals surface area contributed by atoms with Gasteiger partial charge in [0.05, 0.1) is 22.5 Å². The van der Waals surface area contributed by atoms with Crippen LogP contribution in [0.1, 0.15) is 23.6 Å². The van der Waals surface area contributed by atoms with Gasteiger partial charge in [-0.3, -0.25) is 19.3 Å². The molecule has 1 heterocycles. The van der Waals surface area contributed by atoms with Crippen LogP contribution in [0.2, 0.25) is 10.0 Å². The summed E-state index contributed by atoms with van der Waals surface area (Å²) >= 11 is 16.8. The van der Waals surface area contributed by atoms with E-state index in [1.54, 1.807) is 42.5 Å². The highest BCUT2D eigenvalue weighted by molar-refractivity contribution is 9.10. The molecule has 1 fully saturated rings. The van der Waals surface area contributed by atoms with Crippen molar-refractivity contribution in [1.82, 2.24) is 4.90 Å². The third-order valence-corrected chi connectivity index (χ3v) is 7.74. The van der Waals surface area contributed by atoms with Gasteiger partial charge in [-0.15, -0.1) is 0 Å². The van der Waals surface area contributed by atoms with Crippen molar-refractivity contribution in [3.8, 4) is 11.5 Å². The number of rotatable bonds is 9. The summed E-state index contributed by atoms with van der Waals surface area (Å²) in [5.41, 5.74) is 2.80. The monoisotopic (exact) mass is 648 g/mol. The molecule has 0 radical (unpaired) electrons. The van der Waals surface area contributed by atoms with Crippen molar-refractivity contribution in [2.45, 2.75) is 20.4 Å². The van der Waals surface area contributed by atoms with Crippen LogP contribution in [0.4, 0.5) is 10.5 Å². The zero-order valence-electron chi connectivity index (χ0n) is 20.9. The summed E-state index contributed by atoms with van der Waals surface area (Å²) in [5, 5.41) is 3.12. The van der Waals surface area contributed by atoms with Crippen LogP contribution in [0, 0.1) is 6.92 Å². The highest BCUT2D eigenvalue weighted by Gasteiger charge is 2.36. The van der Waals surface area contributed by atoms with E-state index >= 15 is 0 Å². The molecule has 0 unspecified atom stereocenters. The molecule has 1 aliphatic heterocycles. The summed E-state index contributed by atoms with van der Waals surface area (Å²) in [4.78, 5) is 39.5. The van der Waals surface area contributed by atoms with Gasteiger partial charge in [0.1, 0.15) is 0 Å². The minimum atomic E-state index is -0.455. The molecule has 1 aliphatic rings. The van der Waals surface area contributed by atoms with Crippen molar-refractivity contribution in [1.29, 1.82) is 0 Å². The number of carbonyl (C=O) groups is 3. The molecule has 0 spiro atoms. The number of thioether (sulfide) groups is 1. The number of anilines is 1. The lowest BCUT2D eigenvalue weighted by Gasteiger charge is -2.15. The number of nitrogens with one attached hydrogen (secondary N) is 1. The van der Waals surface area contributed by atoms with E-state index in [4.69, 9.17) is 32.7 Å². The van der Waals surface area contributed by atoms with Crippen LogP contribution < -0.4 is 14.8 Å². The number of amides is 3. The number of nitrogens with zero attached hydrogens (tertiary/aromatic N) is 1. The first-order valence-corrected chi connectivity index (χ1v) is 14.2. The molecular weight excluding hydrogens is 627 g/mol. The standard InChI is InChI=1S/C28H23BrCl2N2O5S/c1-3-37-23-12-17(11-20(29)26(23)38-15-25(34)32-18-7-4-6-16(2)10-18)13-24-27(35)33(28(36)39-24)14-19-21(30)8-5-9-22(19)31/h4-13H,3,14-15H2,1-2H3,(H,32,34)/b24-13-. The SMILES string of the molecule is CCOc1cc(/C=C2\SC(=O)N(Cc3c(Cl)cccc3Cl)C2=O)cc(Br)c1OCC(=O)Nc1cccc(C)c1. The van der Waals surface area contributed by atoms with E-state index in [1.165, 1.54) is 0 Å². The van der Waals surface area contributed by atoms with Crippen LogP contribution in [-0.4, -0.2) is 35.2 Å². The highest BCUT2D eigenvalue weighted by Crippen LogP contribution is 2.40. The summed E-state index contributed by atoms with van der Waals surface area (Å²) < 4.78 is 12.1. The number of ether oxygens (including phenoxy) is 2. The summed E-state index contributed by atoms with van der Waals surface area (Å²) in [6.07, 6.45) is 1.60. The molecule has 0 aliphatic carbocycles. The molecule has 1 saturated heterocycles. The van der Waals surface area contributed by atoms with Gasteiger partial charge < -0.3 is 14.8 Å². The van der Waals surface area contributed by atoms with Gasteiger partial charge in [-0.25, -0.2) is 0 Å². The molecule has 3 amide bonds. The number of aryl methyl sites for hydroxylation is 1. The van der Waals surface area contributed by atoms with Gasteiger partial charge in [-0.2, -0.15) is 0 Å². The third kappa shape index (κ3) is 7.16. The van der Waals surface area contributed by atoms with E-state index in [9.17, 15) is 14.4 Å². The van der Waals surface area contributed by atoms with E-state index in [-0.39, 0.29) is 24.0 Å². The first-order valence-electron chi connectivity index (χ1n) is 11.8. The van der Waals surface area contributed by atoms with E-state index in [2.05, 4.69) is 21.2 Å². The number of imide groups is 1. The Balaban J connectivity index is 1.51. The lowest BCUT2D eigenvalue weighted by atomic mass is 10.1. The van der Waals surface area contributed by atoms with Crippen molar-refractivity contribution in [3.63, 3.8) is 0 Å². The minimum absolute atomic E-state index is 0.0359. The topological polar surface area (TPSA) is 84.9 Å². The van der Waals surface area contributed by atoms with Crippen LogP contribution in [0.5, 0.6) is 11.5 Å². The maximum Gasteiger partial charge on any atom is 0.293 e. The zero-order valence-corrected chi connectivity index (χ0v) is 24.8.